The van der Waals surface area contributed by atoms with E-state index in [1.54, 1.807) is 0 Å². The summed E-state index contributed by atoms with van der Waals surface area (Å²) in [7, 11) is -10.9. The summed E-state index contributed by atoms with van der Waals surface area (Å²) in [6.07, 6.45) is 0. The van der Waals surface area contributed by atoms with Crippen LogP contribution in [0.3, 0.4) is 0 Å². The molecule has 0 saturated carbocycles. The molecule has 14 heteroatoms. The van der Waals surface area contributed by atoms with Crippen molar-refractivity contribution in [2.45, 2.75) is 0 Å². The largest absolute Gasteiger partial charge is 3.00 e. The molecule has 14 heavy (non-hydrogen) atoms. The van der Waals surface area contributed by atoms with Gasteiger partial charge in [0.1, 0.15) is 0 Å². The van der Waals surface area contributed by atoms with Gasteiger partial charge in [-0.05, 0) is 0 Å². The minimum atomic E-state index is -3.63. The van der Waals surface area contributed by atoms with Crippen molar-refractivity contribution in [3.05, 3.63) is 0 Å². The van der Waals surface area contributed by atoms with Crippen molar-refractivity contribution >= 4 is 41.6 Å². The van der Waals surface area contributed by atoms with Crippen molar-refractivity contribution in [1.82, 2.24) is 0 Å². The van der Waals surface area contributed by atoms with E-state index in [9.17, 15) is 0 Å². The zero-order valence-electron chi connectivity index (χ0n) is 6.33. The molecule has 0 aromatic heterocycles. The van der Waals surface area contributed by atoms with Crippen molar-refractivity contribution in [1.29, 1.82) is 0 Å². The van der Waals surface area contributed by atoms with E-state index in [1.165, 1.54) is 0 Å². The molecule has 0 atom stereocenters. The molecule has 0 unspecified atom stereocenters. The molecule has 78 valence electrons. The molecule has 0 fully saturated rings. The molecule has 0 aliphatic heterocycles. The Bertz CT molecular complexity index is 116. The first-order valence-electron chi connectivity index (χ1n) is 1.84. The van der Waals surface area contributed by atoms with Gasteiger partial charge in [-0.25, -0.2) is 0 Å². The van der Waals surface area contributed by atoms with Crippen LogP contribution >= 0.6 is 24.8 Å². The molecule has 0 bridgehead atoms. The summed E-state index contributed by atoms with van der Waals surface area (Å²) >= 11 is 0. The maximum absolute atomic E-state index is 8.52. The number of rotatable bonds is 0. The Balaban J connectivity index is -0.0000000270. The average molecular weight is 262 g/mol. The van der Waals surface area contributed by atoms with Crippen molar-refractivity contribution < 1.29 is 43.1 Å². The monoisotopic (exact) mass is 262 g/mol. The SMILES string of the molecule is O=[PH]([O-])[O-].O=[PH]([O-])[O-].O=[PH]([O-])[O-].[B+3].[B+3]. The molecule has 0 saturated heterocycles. The Morgan fingerprint density at radius 3 is 0.500 bits per heavy atom. The van der Waals surface area contributed by atoms with Gasteiger partial charge in [0.05, 0.1) is 0 Å². The summed E-state index contributed by atoms with van der Waals surface area (Å²) in [6.45, 7) is 0. The van der Waals surface area contributed by atoms with Crippen LogP contribution in [-0.4, -0.2) is 16.8 Å². The van der Waals surface area contributed by atoms with Crippen LogP contribution in [0.15, 0.2) is 0 Å². The van der Waals surface area contributed by atoms with Crippen LogP contribution in [0.2, 0.25) is 0 Å². The fraction of sp³-hybridized carbons (Fsp3) is 0. The van der Waals surface area contributed by atoms with Gasteiger partial charge >= 0.3 is 16.8 Å². The van der Waals surface area contributed by atoms with Crippen LogP contribution in [0, 0.1) is 0 Å². The topological polar surface area (TPSA) is 190 Å². The zero-order chi connectivity index (χ0) is 10.7. The third-order valence-electron chi connectivity index (χ3n) is 0. The quantitative estimate of drug-likeness (QED) is 0.301. The Labute approximate surface area is 85.4 Å². The van der Waals surface area contributed by atoms with E-state index in [2.05, 4.69) is 0 Å². The van der Waals surface area contributed by atoms with Gasteiger partial charge in [-0.15, -0.1) is 0 Å². The van der Waals surface area contributed by atoms with Gasteiger partial charge < -0.3 is 43.1 Å². The van der Waals surface area contributed by atoms with E-state index >= 15 is 0 Å². The molecule has 9 nitrogen and oxygen atoms in total. The summed E-state index contributed by atoms with van der Waals surface area (Å²) in [5.41, 5.74) is 0. The van der Waals surface area contributed by atoms with E-state index in [1.807, 2.05) is 0 Å². The predicted octanol–water partition coefficient (Wildman–Crippen LogP) is -6.47. The predicted molar refractivity (Wildman–Crippen MR) is 38.5 cm³/mol. The molecular formula is H3B2O9P3. The number of hydrogen-bond donors (Lipinski definition) is 0. The molecule has 0 radical (unpaired) electrons. The van der Waals surface area contributed by atoms with E-state index in [4.69, 9.17) is 43.1 Å². The minimum absolute atomic E-state index is 0. The average Bonchev–Trinajstić information content (AvgIpc) is 1.54. The van der Waals surface area contributed by atoms with Gasteiger partial charge in [0.15, 0.2) is 0 Å². The summed E-state index contributed by atoms with van der Waals surface area (Å²) in [6, 6.07) is 0. The standard InChI is InChI=1S/2B.3H3O3P/c;;3*1-4(2)3/h;;3*4H,(H2,1,2,3)/q2*+3;;;/p-6. The molecular weight excluding hydrogens is 259 g/mol. The Morgan fingerprint density at radius 2 is 0.500 bits per heavy atom. The first-order chi connectivity index (χ1) is 5.20. The molecule has 0 aliphatic rings. The molecule has 0 aromatic carbocycles. The van der Waals surface area contributed by atoms with Gasteiger partial charge in [-0.3, -0.25) is 0 Å². The normalized spacial score (nSPS) is 7.50. The molecule has 0 rings (SSSR count). The summed E-state index contributed by atoms with van der Waals surface area (Å²) in [5, 5.41) is 0. The van der Waals surface area contributed by atoms with Crippen LogP contribution in [-0.2, 0) is 13.7 Å². The Kier molecular flexibility index (Phi) is 49.0. The second-order valence-electron chi connectivity index (χ2n) is 0.750. The van der Waals surface area contributed by atoms with Crippen molar-refractivity contribution in [3.8, 4) is 0 Å². The third kappa shape index (κ3) is 5020. The molecule has 0 amide bonds. The smallest absolute Gasteiger partial charge is 0.813 e. The summed E-state index contributed by atoms with van der Waals surface area (Å²) in [5.74, 6) is 0. The van der Waals surface area contributed by atoms with Gasteiger partial charge in [-0.1, -0.05) is 24.8 Å². The van der Waals surface area contributed by atoms with E-state index in [-0.39, 0.29) is 16.8 Å². The second kappa shape index (κ2) is 23.4. The molecule has 0 aromatic rings. The zero-order valence-corrected chi connectivity index (χ0v) is 9.33. The van der Waals surface area contributed by atoms with Gasteiger partial charge in [0.25, 0.3) is 0 Å². The summed E-state index contributed by atoms with van der Waals surface area (Å²) in [4.78, 5) is 51.1. The van der Waals surface area contributed by atoms with Crippen LogP contribution in [0.1, 0.15) is 0 Å². The van der Waals surface area contributed by atoms with Crippen molar-refractivity contribution in [2.75, 3.05) is 0 Å². The maximum atomic E-state index is 8.52. The third-order valence-corrected chi connectivity index (χ3v) is 0. The maximum Gasteiger partial charge on any atom is 3.00 e. The van der Waals surface area contributed by atoms with Crippen LogP contribution < -0.4 is 29.4 Å². The van der Waals surface area contributed by atoms with Crippen LogP contribution in [0.25, 0.3) is 0 Å². The van der Waals surface area contributed by atoms with E-state index in [0.717, 1.165) is 0 Å². The van der Waals surface area contributed by atoms with Gasteiger partial charge in [0, 0.05) is 0 Å². The molecule has 0 spiro atoms. The summed E-state index contributed by atoms with van der Waals surface area (Å²) < 4.78 is 25.6. The second-order valence-corrected chi connectivity index (χ2v) is 2.25. The fourth-order valence-electron chi connectivity index (χ4n) is 0. The van der Waals surface area contributed by atoms with Crippen molar-refractivity contribution in [3.63, 3.8) is 0 Å². The van der Waals surface area contributed by atoms with Crippen LogP contribution in [0.4, 0.5) is 0 Å². The first-order valence-corrected chi connectivity index (χ1v) is 5.51. The fourth-order valence-corrected chi connectivity index (χ4v) is 0. The minimum Gasteiger partial charge on any atom is -0.813 e. The Morgan fingerprint density at radius 1 is 0.500 bits per heavy atom. The first kappa shape index (κ1) is 29.3. The van der Waals surface area contributed by atoms with Gasteiger partial charge in [-0.2, -0.15) is 0 Å². The van der Waals surface area contributed by atoms with E-state index < -0.39 is 24.8 Å². The molecule has 0 N–H and O–H groups in total. The van der Waals surface area contributed by atoms with Gasteiger partial charge in [0.2, 0.25) is 0 Å². The molecule has 0 heterocycles. The molecule has 0 aliphatic carbocycles. The van der Waals surface area contributed by atoms with Crippen LogP contribution in [0.5, 0.6) is 0 Å². The Hall–Kier alpha value is 0.580. The van der Waals surface area contributed by atoms with Crippen molar-refractivity contribution in [2.24, 2.45) is 0 Å². The number of hydrogen-bond acceptors (Lipinski definition) is 9. The van der Waals surface area contributed by atoms with E-state index in [0.29, 0.717) is 0 Å².